The number of aromatic hydroxyl groups is 1. The van der Waals surface area contributed by atoms with Crippen LogP contribution in [0.1, 0.15) is 64.8 Å². The second kappa shape index (κ2) is 20.6. The highest BCUT2D eigenvalue weighted by atomic mass is 32.1. The number of carbonyl (C=O) groups excluding carboxylic acids is 10. The molecule has 2 heterocycles. The zero-order chi connectivity index (χ0) is 41.6. The maximum atomic E-state index is 13.5. The molecule has 8 amide bonds. The largest absolute Gasteiger partial charge is 0.508 e. The summed E-state index contributed by atoms with van der Waals surface area (Å²) >= 11 is 4.15. The second-order valence-corrected chi connectivity index (χ2v) is 13.4. The van der Waals surface area contributed by atoms with E-state index in [2.05, 4.69) is 49.3 Å². The Morgan fingerprint density at radius 3 is 2.33 bits per heavy atom. The molecule has 3 atom stereocenters. The second-order valence-electron chi connectivity index (χ2n) is 13.1. The van der Waals surface area contributed by atoms with Crippen LogP contribution in [0.4, 0.5) is 5.69 Å². The topological polar surface area (TPSA) is 276 Å². The molecule has 19 nitrogen and oxygen atoms in total. The van der Waals surface area contributed by atoms with Gasteiger partial charge in [-0.25, -0.2) is 0 Å². The first-order valence-corrected chi connectivity index (χ1v) is 18.6. The van der Waals surface area contributed by atoms with Crippen molar-refractivity contribution in [1.82, 2.24) is 31.5 Å². The molecule has 7 N–H and O–H groups in total. The number of nitrogens with zero attached hydrogens (tertiary/aromatic N) is 1. The van der Waals surface area contributed by atoms with E-state index >= 15 is 0 Å². The van der Waals surface area contributed by atoms with E-state index in [0.717, 1.165) is 17.6 Å². The van der Waals surface area contributed by atoms with Crippen molar-refractivity contribution < 1.29 is 57.8 Å². The Labute approximate surface area is 331 Å². The van der Waals surface area contributed by atoms with Crippen LogP contribution >= 0.6 is 12.6 Å². The molecule has 0 radical (unpaired) electrons. The molecule has 0 spiro atoms. The first kappa shape index (κ1) is 43.4. The lowest BCUT2D eigenvalue weighted by Gasteiger charge is -2.27. The fraction of sp³-hybridized carbons (Fsp3) is 0.405. The number of benzene rings is 2. The Morgan fingerprint density at radius 2 is 1.65 bits per heavy atom. The molecule has 1 fully saturated rings. The molecule has 57 heavy (non-hydrogen) atoms. The molecule has 2 aliphatic heterocycles. The molecule has 2 aromatic rings. The van der Waals surface area contributed by atoms with Crippen LogP contribution in [0.3, 0.4) is 0 Å². The van der Waals surface area contributed by atoms with E-state index in [-0.39, 0.29) is 61.3 Å². The van der Waals surface area contributed by atoms with E-state index in [4.69, 9.17) is 0 Å². The van der Waals surface area contributed by atoms with Crippen molar-refractivity contribution in [2.24, 2.45) is 0 Å². The first-order valence-electron chi connectivity index (χ1n) is 17.9. The smallest absolute Gasteiger partial charge is 0.313 e. The Balaban J connectivity index is 1.32. The number of Topliss-reactive ketones (excluding diaryl/α,β-unsaturated/α-hetero) is 1. The highest BCUT2D eigenvalue weighted by Gasteiger charge is 2.45. The van der Waals surface area contributed by atoms with Crippen LogP contribution in [-0.2, 0) is 49.5 Å². The van der Waals surface area contributed by atoms with E-state index in [1.165, 1.54) is 18.2 Å². The number of imide groups is 2. The Bertz CT molecular complexity index is 1920. The fourth-order valence-corrected chi connectivity index (χ4v) is 6.21. The van der Waals surface area contributed by atoms with Gasteiger partial charge in [0.2, 0.25) is 35.4 Å². The molecule has 1 saturated heterocycles. The number of esters is 1. The summed E-state index contributed by atoms with van der Waals surface area (Å²) in [5.74, 6) is -6.79. The quantitative estimate of drug-likeness (QED) is 0.0259. The van der Waals surface area contributed by atoms with Gasteiger partial charge in [-0.2, -0.15) is 12.6 Å². The first-order chi connectivity index (χ1) is 27.2. The van der Waals surface area contributed by atoms with Gasteiger partial charge in [-0.15, -0.1) is 0 Å². The molecule has 3 unspecified atom stereocenters. The standard InChI is InChI=1S/C37H43N7O12S/c1-56-31(50)16-22(46)17-39-30(49)18-40-33(51)26(19-57)42-34(52)25(12-9-20-7-10-21(45)11-8-20)41-28(47)6-3-15-38-24-5-2-4-23-32(24)37(55)44(36(23)54)27-13-14-29(48)43-35(27)53/h2,4-5,7-8,10-11,25-27,38,45,57H,3,6,9,12-19H2,1H3,(H,39,49)(H,40,51)(H,41,47)(H,42,52)(H,43,48,53). The molecule has 0 aromatic heterocycles. The molecule has 0 bridgehead atoms. The number of phenols is 1. The highest BCUT2D eigenvalue weighted by molar-refractivity contribution is 7.80. The fourth-order valence-electron chi connectivity index (χ4n) is 5.96. The Morgan fingerprint density at radius 1 is 0.912 bits per heavy atom. The summed E-state index contributed by atoms with van der Waals surface area (Å²) in [7, 11) is 1.11. The van der Waals surface area contributed by atoms with Crippen LogP contribution in [0.2, 0.25) is 0 Å². The number of fused-ring (bicyclic) bond motifs is 1. The van der Waals surface area contributed by atoms with Crippen molar-refractivity contribution in [3.8, 4) is 5.75 Å². The summed E-state index contributed by atoms with van der Waals surface area (Å²) in [6.45, 7) is -0.841. The lowest BCUT2D eigenvalue weighted by Crippen LogP contribution is -2.55. The predicted octanol–water partition coefficient (Wildman–Crippen LogP) is -1.12. The molecule has 2 aliphatic rings. The summed E-state index contributed by atoms with van der Waals surface area (Å²) in [5, 5.41) is 24.7. The molecule has 20 heteroatoms. The third-order valence-electron chi connectivity index (χ3n) is 8.96. The van der Waals surface area contributed by atoms with Crippen molar-refractivity contribution in [3.63, 3.8) is 0 Å². The average molecular weight is 810 g/mol. The number of ether oxygens (including phenoxy) is 1. The number of thiol groups is 1. The number of phenolic OH excluding ortho intramolecular Hbond substituents is 1. The number of carbonyl (C=O) groups is 10. The number of aryl methyl sites for hydroxylation is 1. The van der Waals surface area contributed by atoms with Gasteiger partial charge in [0.05, 0.1) is 31.3 Å². The van der Waals surface area contributed by atoms with Crippen LogP contribution in [0.5, 0.6) is 5.75 Å². The third kappa shape index (κ3) is 12.1. The van der Waals surface area contributed by atoms with E-state index in [1.54, 1.807) is 24.3 Å². The lowest BCUT2D eigenvalue weighted by atomic mass is 10.0. The molecule has 0 saturated carbocycles. The molecule has 0 aliphatic carbocycles. The number of nitrogens with one attached hydrogen (secondary N) is 6. The number of hydrogen-bond acceptors (Lipinski definition) is 14. The van der Waals surface area contributed by atoms with Gasteiger partial charge in [-0.3, -0.25) is 58.2 Å². The zero-order valence-corrected chi connectivity index (χ0v) is 31.8. The van der Waals surface area contributed by atoms with E-state index < -0.39 is 96.6 Å². The van der Waals surface area contributed by atoms with Gasteiger partial charge in [-0.05, 0) is 55.5 Å². The van der Waals surface area contributed by atoms with E-state index in [0.29, 0.717) is 12.1 Å². The summed E-state index contributed by atoms with van der Waals surface area (Å²) in [5.41, 5.74) is 1.23. The number of amides is 8. The lowest BCUT2D eigenvalue weighted by molar-refractivity contribution is -0.143. The minimum absolute atomic E-state index is 0.00902. The minimum atomic E-state index is -1.22. The van der Waals surface area contributed by atoms with Gasteiger partial charge in [-0.1, -0.05) is 18.2 Å². The molecule has 304 valence electrons. The van der Waals surface area contributed by atoms with Crippen LogP contribution < -0.4 is 31.9 Å². The number of ketones is 1. The van der Waals surface area contributed by atoms with Crippen molar-refractivity contribution in [2.75, 3.05) is 37.8 Å². The normalized spacial score (nSPS) is 15.8. The highest BCUT2D eigenvalue weighted by Crippen LogP contribution is 2.32. The number of anilines is 1. The van der Waals surface area contributed by atoms with Gasteiger partial charge >= 0.3 is 5.97 Å². The van der Waals surface area contributed by atoms with Gasteiger partial charge < -0.3 is 36.4 Å². The summed E-state index contributed by atoms with van der Waals surface area (Å²) < 4.78 is 4.39. The minimum Gasteiger partial charge on any atom is -0.508 e. The monoisotopic (exact) mass is 809 g/mol. The van der Waals surface area contributed by atoms with Crippen molar-refractivity contribution in [3.05, 3.63) is 59.2 Å². The van der Waals surface area contributed by atoms with E-state index in [9.17, 15) is 53.1 Å². The maximum Gasteiger partial charge on any atom is 0.313 e. The van der Waals surface area contributed by atoms with Crippen LogP contribution in [-0.4, -0.2) is 120 Å². The summed E-state index contributed by atoms with van der Waals surface area (Å²) in [6.07, 6.45) is -0.00147. The SMILES string of the molecule is COC(=O)CC(=O)CNC(=O)CNC(=O)C(CS)NC(=O)C(CCc1ccc(O)cc1)NC(=O)CCCNc1cccc2c1C(=O)N(C1CCC(=O)NC1=O)C2=O. The molecular formula is C37H43N7O12S. The summed E-state index contributed by atoms with van der Waals surface area (Å²) in [6, 6.07) is 7.38. The molecular weight excluding hydrogens is 767 g/mol. The number of rotatable bonds is 20. The van der Waals surface area contributed by atoms with E-state index in [1.807, 2.05) is 0 Å². The third-order valence-corrected chi connectivity index (χ3v) is 9.33. The van der Waals surface area contributed by atoms with Crippen molar-refractivity contribution in [2.45, 2.75) is 63.1 Å². The van der Waals surface area contributed by atoms with Gasteiger partial charge in [0.25, 0.3) is 11.8 Å². The number of piperidine rings is 1. The maximum absolute atomic E-state index is 13.5. The Kier molecular flexibility index (Phi) is 15.7. The van der Waals surface area contributed by atoms with Gasteiger partial charge in [0.15, 0.2) is 5.78 Å². The van der Waals surface area contributed by atoms with Crippen molar-refractivity contribution in [1.29, 1.82) is 0 Å². The average Bonchev–Trinajstić information content (AvgIpc) is 3.44. The van der Waals surface area contributed by atoms with Crippen LogP contribution in [0, 0.1) is 0 Å². The van der Waals surface area contributed by atoms with Crippen molar-refractivity contribution >= 4 is 77.3 Å². The van der Waals surface area contributed by atoms with Crippen LogP contribution in [0.25, 0.3) is 0 Å². The summed E-state index contributed by atoms with van der Waals surface area (Å²) in [4.78, 5) is 126. The number of methoxy groups -OCH3 is 1. The van der Waals surface area contributed by atoms with Gasteiger partial charge in [0, 0.05) is 30.8 Å². The predicted molar refractivity (Wildman–Crippen MR) is 203 cm³/mol. The zero-order valence-electron chi connectivity index (χ0n) is 30.9. The van der Waals surface area contributed by atoms with Gasteiger partial charge in [0.1, 0.15) is 30.3 Å². The number of hydrogen-bond donors (Lipinski definition) is 8. The molecule has 4 rings (SSSR count). The molecule has 2 aromatic carbocycles. The Hall–Kier alpha value is -6.31. The van der Waals surface area contributed by atoms with Crippen LogP contribution in [0.15, 0.2) is 42.5 Å².